The standard InChI is InChI=1S/C21H24Cl2N4O5/c22-8-10-31-20(29)24-16-6-4-14(5-7-16)12-19(28)25-18-13-17(15-2-1-3-15)26-27(18)21(30)32-11-9-23/h4-7,13,15H,1-3,8-12H2,(H,24,29)(H,25,28). The predicted octanol–water partition coefficient (Wildman–Crippen LogP) is 4.34. The SMILES string of the molecule is O=C(Cc1ccc(NC(=O)OCCCl)cc1)Nc1cc(C2CCC2)nn1C(=O)OCCCl. The molecule has 9 nitrogen and oxygen atoms in total. The Kier molecular flexibility index (Phi) is 8.75. The summed E-state index contributed by atoms with van der Waals surface area (Å²) in [6.07, 6.45) is 1.89. The van der Waals surface area contributed by atoms with Gasteiger partial charge in [-0.2, -0.15) is 5.10 Å². The van der Waals surface area contributed by atoms with Crippen molar-refractivity contribution in [2.24, 2.45) is 0 Å². The van der Waals surface area contributed by atoms with Crippen LogP contribution in [0.25, 0.3) is 0 Å². The maximum absolute atomic E-state index is 12.6. The van der Waals surface area contributed by atoms with E-state index in [0.29, 0.717) is 5.69 Å². The molecule has 3 rings (SSSR count). The Morgan fingerprint density at radius 2 is 1.72 bits per heavy atom. The Morgan fingerprint density at radius 3 is 2.34 bits per heavy atom. The third-order valence-corrected chi connectivity index (χ3v) is 5.18. The molecule has 1 heterocycles. The second-order valence-electron chi connectivity index (χ2n) is 7.17. The maximum atomic E-state index is 12.6. The monoisotopic (exact) mass is 482 g/mol. The van der Waals surface area contributed by atoms with Crippen LogP contribution in [-0.4, -0.2) is 52.8 Å². The van der Waals surface area contributed by atoms with Crippen molar-refractivity contribution in [2.75, 3.05) is 35.6 Å². The van der Waals surface area contributed by atoms with Crippen LogP contribution >= 0.6 is 23.2 Å². The van der Waals surface area contributed by atoms with Gasteiger partial charge in [-0.3, -0.25) is 10.1 Å². The molecule has 0 saturated heterocycles. The van der Waals surface area contributed by atoms with E-state index in [-0.39, 0.29) is 49.0 Å². The molecular weight excluding hydrogens is 459 g/mol. The van der Waals surface area contributed by atoms with E-state index in [0.717, 1.165) is 35.2 Å². The molecule has 0 radical (unpaired) electrons. The van der Waals surface area contributed by atoms with E-state index in [9.17, 15) is 14.4 Å². The van der Waals surface area contributed by atoms with Gasteiger partial charge in [-0.25, -0.2) is 9.59 Å². The van der Waals surface area contributed by atoms with Crippen LogP contribution in [0.5, 0.6) is 0 Å². The minimum Gasteiger partial charge on any atom is -0.448 e. The van der Waals surface area contributed by atoms with Crippen LogP contribution in [0.2, 0.25) is 0 Å². The number of benzene rings is 1. The first-order chi connectivity index (χ1) is 15.5. The molecule has 2 aromatic rings. The summed E-state index contributed by atoms with van der Waals surface area (Å²) in [7, 11) is 0. The van der Waals surface area contributed by atoms with Gasteiger partial charge >= 0.3 is 12.2 Å². The summed E-state index contributed by atoms with van der Waals surface area (Å²) in [5.74, 6) is 0.603. The van der Waals surface area contributed by atoms with E-state index in [1.807, 2.05) is 0 Å². The number of amides is 2. The first kappa shape index (κ1) is 23.9. The molecular formula is C21H24Cl2N4O5. The Morgan fingerprint density at radius 1 is 1.03 bits per heavy atom. The fourth-order valence-corrected chi connectivity index (χ4v) is 3.24. The number of anilines is 2. The Bertz CT molecular complexity index is 944. The van der Waals surface area contributed by atoms with Gasteiger partial charge < -0.3 is 14.8 Å². The van der Waals surface area contributed by atoms with Gasteiger partial charge in [0.1, 0.15) is 19.0 Å². The summed E-state index contributed by atoms with van der Waals surface area (Å²) in [6.45, 7) is 0.163. The number of halogens is 2. The summed E-state index contributed by atoms with van der Waals surface area (Å²) in [5.41, 5.74) is 2.00. The topological polar surface area (TPSA) is 112 Å². The Hall–Kier alpha value is -2.78. The lowest BCUT2D eigenvalue weighted by Gasteiger charge is -2.22. The highest BCUT2D eigenvalue weighted by Crippen LogP contribution is 2.36. The quantitative estimate of drug-likeness (QED) is 0.514. The first-order valence-corrected chi connectivity index (χ1v) is 11.3. The smallest absolute Gasteiger partial charge is 0.436 e. The summed E-state index contributed by atoms with van der Waals surface area (Å²) in [4.78, 5) is 36.5. The molecule has 1 aliphatic carbocycles. The number of aromatic nitrogens is 2. The lowest BCUT2D eigenvalue weighted by molar-refractivity contribution is -0.115. The summed E-state index contributed by atoms with van der Waals surface area (Å²) >= 11 is 11.1. The van der Waals surface area contributed by atoms with Gasteiger partial charge in [0, 0.05) is 17.7 Å². The van der Waals surface area contributed by atoms with Crippen molar-refractivity contribution in [1.82, 2.24) is 9.78 Å². The number of rotatable bonds is 9. The first-order valence-electron chi connectivity index (χ1n) is 10.2. The molecule has 32 heavy (non-hydrogen) atoms. The molecule has 1 aromatic carbocycles. The van der Waals surface area contributed by atoms with Crippen molar-refractivity contribution in [3.63, 3.8) is 0 Å². The van der Waals surface area contributed by atoms with Gasteiger partial charge in [-0.05, 0) is 30.5 Å². The lowest BCUT2D eigenvalue weighted by Crippen LogP contribution is -2.23. The van der Waals surface area contributed by atoms with Crippen LogP contribution in [-0.2, 0) is 20.7 Å². The average molecular weight is 483 g/mol. The van der Waals surface area contributed by atoms with Gasteiger partial charge in [0.05, 0.1) is 23.9 Å². The maximum Gasteiger partial charge on any atom is 0.436 e. The normalized spacial score (nSPS) is 13.2. The number of carbonyl (C=O) groups is 3. The second-order valence-corrected chi connectivity index (χ2v) is 7.93. The van der Waals surface area contributed by atoms with E-state index >= 15 is 0 Å². The van der Waals surface area contributed by atoms with Crippen molar-refractivity contribution in [2.45, 2.75) is 31.6 Å². The number of nitrogens with zero attached hydrogens (tertiary/aromatic N) is 2. The molecule has 172 valence electrons. The molecule has 0 atom stereocenters. The zero-order chi connectivity index (χ0) is 22.9. The second kappa shape index (κ2) is 11.7. The fourth-order valence-electron chi connectivity index (χ4n) is 3.08. The molecule has 1 aromatic heterocycles. The number of nitrogens with one attached hydrogen (secondary N) is 2. The molecule has 2 amide bonds. The van der Waals surface area contributed by atoms with Crippen molar-refractivity contribution < 1.29 is 23.9 Å². The van der Waals surface area contributed by atoms with Gasteiger partial charge in [0.25, 0.3) is 0 Å². The highest BCUT2D eigenvalue weighted by atomic mass is 35.5. The van der Waals surface area contributed by atoms with E-state index in [1.54, 1.807) is 30.3 Å². The van der Waals surface area contributed by atoms with Crippen LogP contribution in [0.3, 0.4) is 0 Å². The third-order valence-electron chi connectivity index (χ3n) is 4.87. The van der Waals surface area contributed by atoms with E-state index in [2.05, 4.69) is 15.7 Å². The zero-order valence-electron chi connectivity index (χ0n) is 17.3. The number of hydrogen-bond donors (Lipinski definition) is 2. The number of hydrogen-bond acceptors (Lipinski definition) is 6. The Balaban J connectivity index is 1.61. The molecule has 0 spiro atoms. The number of ether oxygens (including phenoxy) is 2. The molecule has 1 aliphatic rings. The summed E-state index contributed by atoms with van der Waals surface area (Å²) in [6, 6.07) is 8.45. The van der Waals surface area contributed by atoms with Gasteiger partial charge in [0.15, 0.2) is 0 Å². The van der Waals surface area contributed by atoms with Crippen LogP contribution in [0.15, 0.2) is 30.3 Å². The van der Waals surface area contributed by atoms with Gasteiger partial charge in [-0.15, -0.1) is 27.9 Å². The molecule has 11 heteroatoms. The molecule has 0 unspecified atom stereocenters. The zero-order valence-corrected chi connectivity index (χ0v) is 18.8. The minimum absolute atomic E-state index is 0.0478. The van der Waals surface area contributed by atoms with Crippen molar-refractivity contribution in [1.29, 1.82) is 0 Å². The van der Waals surface area contributed by atoms with Crippen molar-refractivity contribution in [3.8, 4) is 0 Å². The number of carbonyl (C=O) groups excluding carboxylic acids is 3. The highest BCUT2D eigenvalue weighted by molar-refractivity contribution is 6.18. The molecule has 1 saturated carbocycles. The molecule has 1 fully saturated rings. The van der Waals surface area contributed by atoms with E-state index < -0.39 is 12.2 Å². The van der Waals surface area contributed by atoms with Crippen LogP contribution in [0, 0.1) is 0 Å². The largest absolute Gasteiger partial charge is 0.448 e. The van der Waals surface area contributed by atoms with E-state index in [1.165, 1.54) is 0 Å². The van der Waals surface area contributed by atoms with Crippen molar-refractivity contribution >= 4 is 52.8 Å². The van der Waals surface area contributed by atoms with Crippen LogP contribution in [0.1, 0.15) is 36.4 Å². The summed E-state index contributed by atoms with van der Waals surface area (Å²) in [5, 5.41) is 9.63. The molecule has 0 bridgehead atoms. The van der Waals surface area contributed by atoms with Gasteiger partial charge in [-0.1, -0.05) is 18.6 Å². The van der Waals surface area contributed by atoms with Crippen LogP contribution < -0.4 is 10.6 Å². The predicted molar refractivity (Wildman–Crippen MR) is 121 cm³/mol. The fraction of sp³-hybridized carbons (Fsp3) is 0.429. The minimum atomic E-state index is -0.692. The van der Waals surface area contributed by atoms with Gasteiger partial charge in [0.2, 0.25) is 5.91 Å². The van der Waals surface area contributed by atoms with Crippen LogP contribution in [0.4, 0.5) is 21.1 Å². The highest BCUT2D eigenvalue weighted by Gasteiger charge is 2.26. The molecule has 0 aliphatic heterocycles. The number of alkyl halides is 2. The lowest BCUT2D eigenvalue weighted by atomic mass is 9.83. The molecule has 2 N–H and O–H groups in total. The summed E-state index contributed by atoms with van der Waals surface area (Å²) < 4.78 is 11.0. The van der Waals surface area contributed by atoms with E-state index in [4.69, 9.17) is 32.7 Å². The third kappa shape index (κ3) is 6.61. The average Bonchev–Trinajstić information content (AvgIpc) is 3.13. The van der Waals surface area contributed by atoms with Crippen molar-refractivity contribution in [3.05, 3.63) is 41.6 Å². The Labute approximate surface area is 195 Å².